The molecule has 3 heteroatoms. The van der Waals surface area contributed by atoms with Crippen LogP contribution in [-0.4, -0.2) is 18.9 Å². The molecule has 0 bridgehead atoms. The molecule has 1 unspecified atom stereocenters. The van der Waals surface area contributed by atoms with E-state index in [0.717, 1.165) is 25.7 Å². The molecule has 0 aromatic carbocycles. The molecule has 0 fully saturated rings. The zero-order chi connectivity index (χ0) is 11.1. The Morgan fingerprint density at radius 1 is 1.60 bits per heavy atom. The first-order valence-corrected chi connectivity index (χ1v) is 5.84. The molecule has 3 nitrogen and oxygen atoms in total. The molecular formula is C12H21NO2. The number of carbonyl (C=O) groups is 1. The van der Waals surface area contributed by atoms with Crippen molar-refractivity contribution in [2.75, 3.05) is 13.2 Å². The fraction of sp³-hybridized carbons (Fsp3) is 0.750. The van der Waals surface area contributed by atoms with Crippen LogP contribution < -0.4 is 5.73 Å². The number of carbonyl (C=O) groups excluding carboxylic acids is 1. The topological polar surface area (TPSA) is 52.3 Å². The third kappa shape index (κ3) is 4.04. The van der Waals surface area contributed by atoms with E-state index in [1.807, 2.05) is 6.08 Å². The second-order valence-electron chi connectivity index (χ2n) is 4.02. The van der Waals surface area contributed by atoms with Crippen LogP contribution in [0.3, 0.4) is 0 Å². The van der Waals surface area contributed by atoms with Crippen molar-refractivity contribution in [3.8, 4) is 0 Å². The number of rotatable bonds is 7. The Hall–Kier alpha value is -0.830. The van der Waals surface area contributed by atoms with E-state index in [0.29, 0.717) is 31.2 Å². The van der Waals surface area contributed by atoms with Crippen molar-refractivity contribution >= 4 is 5.78 Å². The van der Waals surface area contributed by atoms with E-state index in [1.54, 1.807) is 0 Å². The van der Waals surface area contributed by atoms with Crippen molar-refractivity contribution in [2.24, 2.45) is 11.7 Å². The summed E-state index contributed by atoms with van der Waals surface area (Å²) in [5.74, 6) is 1.32. The molecule has 0 spiro atoms. The molecule has 1 aliphatic rings. The summed E-state index contributed by atoms with van der Waals surface area (Å²) in [6.45, 7) is 3.53. The third-order valence-electron chi connectivity index (χ3n) is 2.91. The molecule has 0 saturated carbocycles. The van der Waals surface area contributed by atoms with E-state index in [-0.39, 0.29) is 5.78 Å². The second kappa shape index (κ2) is 6.62. The van der Waals surface area contributed by atoms with E-state index in [1.165, 1.54) is 0 Å². The van der Waals surface area contributed by atoms with Crippen molar-refractivity contribution in [1.82, 2.24) is 0 Å². The van der Waals surface area contributed by atoms with E-state index < -0.39 is 0 Å². The quantitative estimate of drug-likeness (QED) is 0.701. The lowest BCUT2D eigenvalue weighted by Gasteiger charge is -2.12. The Morgan fingerprint density at radius 2 is 2.40 bits per heavy atom. The summed E-state index contributed by atoms with van der Waals surface area (Å²) in [7, 11) is 0. The average molecular weight is 211 g/mol. The van der Waals surface area contributed by atoms with Gasteiger partial charge in [-0.05, 0) is 31.4 Å². The minimum atomic E-state index is 0.156. The van der Waals surface area contributed by atoms with Crippen LogP contribution in [0.1, 0.15) is 39.0 Å². The summed E-state index contributed by atoms with van der Waals surface area (Å²) in [5.41, 5.74) is 5.51. The van der Waals surface area contributed by atoms with Gasteiger partial charge in [0.25, 0.3) is 0 Å². The number of hydrogen-bond acceptors (Lipinski definition) is 3. The maximum Gasteiger partial charge on any atom is 0.197 e. The molecule has 15 heavy (non-hydrogen) atoms. The third-order valence-corrected chi connectivity index (χ3v) is 2.91. The first kappa shape index (κ1) is 12.2. The molecule has 0 aliphatic carbocycles. The SMILES string of the molecule is CCC(CCN)CCC(=O)C1=CCCO1. The van der Waals surface area contributed by atoms with Gasteiger partial charge in [-0.3, -0.25) is 4.79 Å². The lowest BCUT2D eigenvalue weighted by atomic mass is 9.95. The molecule has 1 atom stereocenters. The number of Topliss-reactive ketones (excluding diaryl/α,β-unsaturated/α-hetero) is 1. The zero-order valence-electron chi connectivity index (χ0n) is 9.50. The fourth-order valence-electron chi connectivity index (χ4n) is 1.86. The van der Waals surface area contributed by atoms with Crippen molar-refractivity contribution < 1.29 is 9.53 Å². The van der Waals surface area contributed by atoms with Crippen molar-refractivity contribution in [2.45, 2.75) is 39.0 Å². The summed E-state index contributed by atoms with van der Waals surface area (Å²) in [4.78, 5) is 11.6. The summed E-state index contributed by atoms with van der Waals surface area (Å²) in [5, 5.41) is 0. The van der Waals surface area contributed by atoms with Crippen LogP contribution >= 0.6 is 0 Å². The number of allylic oxidation sites excluding steroid dienone is 1. The molecule has 2 N–H and O–H groups in total. The van der Waals surface area contributed by atoms with Crippen LogP contribution in [-0.2, 0) is 9.53 Å². The van der Waals surface area contributed by atoms with Gasteiger partial charge in [0.1, 0.15) is 0 Å². The second-order valence-corrected chi connectivity index (χ2v) is 4.02. The van der Waals surface area contributed by atoms with Gasteiger partial charge in [0.15, 0.2) is 11.5 Å². The lowest BCUT2D eigenvalue weighted by molar-refractivity contribution is -0.118. The van der Waals surface area contributed by atoms with Gasteiger partial charge in [-0.25, -0.2) is 0 Å². The Balaban J connectivity index is 2.25. The van der Waals surface area contributed by atoms with Gasteiger partial charge in [0, 0.05) is 12.8 Å². The number of ketones is 1. The fourth-order valence-corrected chi connectivity index (χ4v) is 1.86. The van der Waals surface area contributed by atoms with E-state index >= 15 is 0 Å². The lowest BCUT2D eigenvalue weighted by Crippen LogP contribution is -2.11. The number of ether oxygens (including phenoxy) is 1. The van der Waals surface area contributed by atoms with Gasteiger partial charge in [0.05, 0.1) is 6.61 Å². The smallest absolute Gasteiger partial charge is 0.197 e. The van der Waals surface area contributed by atoms with Crippen molar-refractivity contribution in [1.29, 1.82) is 0 Å². The molecule has 86 valence electrons. The monoisotopic (exact) mass is 211 g/mol. The molecule has 0 saturated heterocycles. The van der Waals surface area contributed by atoms with Crippen LogP contribution in [0.2, 0.25) is 0 Å². The average Bonchev–Trinajstić information content (AvgIpc) is 2.77. The highest BCUT2D eigenvalue weighted by atomic mass is 16.5. The molecular weight excluding hydrogens is 190 g/mol. The maximum atomic E-state index is 11.6. The van der Waals surface area contributed by atoms with Gasteiger partial charge < -0.3 is 10.5 Å². The Bertz CT molecular complexity index is 236. The van der Waals surface area contributed by atoms with Gasteiger partial charge in [-0.2, -0.15) is 0 Å². The summed E-state index contributed by atoms with van der Waals surface area (Å²) >= 11 is 0. The van der Waals surface area contributed by atoms with Crippen molar-refractivity contribution in [3.05, 3.63) is 11.8 Å². The van der Waals surface area contributed by atoms with Crippen LogP contribution in [0, 0.1) is 5.92 Å². The molecule has 0 amide bonds. The first-order chi connectivity index (χ1) is 7.27. The normalized spacial score (nSPS) is 17.1. The summed E-state index contributed by atoms with van der Waals surface area (Å²) in [6, 6.07) is 0. The highest BCUT2D eigenvalue weighted by Gasteiger charge is 2.16. The Morgan fingerprint density at radius 3 is 2.93 bits per heavy atom. The Labute approximate surface area is 91.7 Å². The summed E-state index contributed by atoms with van der Waals surface area (Å²) in [6.07, 6.45) is 6.43. The Kier molecular flexibility index (Phi) is 5.40. The maximum absolute atomic E-state index is 11.6. The summed E-state index contributed by atoms with van der Waals surface area (Å²) < 4.78 is 5.23. The molecule has 1 heterocycles. The van der Waals surface area contributed by atoms with Crippen molar-refractivity contribution in [3.63, 3.8) is 0 Å². The van der Waals surface area contributed by atoms with Gasteiger partial charge in [-0.15, -0.1) is 0 Å². The number of hydrogen-bond donors (Lipinski definition) is 1. The van der Waals surface area contributed by atoms with Crippen LogP contribution in [0.15, 0.2) is 11.8 Å². The predicted octanol–water partition coefficient (Wildman–Crippen LogP) is 2.01. The van der Waals surface area contributed by atoms with Gasteiger partial charge in [-0.1, -0.05) is 13.3 Å². The zero-order valence-corrected chi connectivity index (χ0v) is 9.50. The van der Waals surface area contributed by atoms with Gasteiger partial charge >= 0.3 is 0 Å². The standard InChI is InChI=1S/C12H21NO2/c1-2-10(7-8-13)5-6-11(14)12-4-3-9-15-12/h4,10H,2-3,5-9,13H2,1H3. The molecule has 1 rings (SSSR count). The highest BCUT2D eigenvalue weighted by molar-refractivity contribution is 5.93. The molecule has 0 aromatic heterocycles. The molecule has 1 aliphatic heterocycles. The van der Waals surface area contributed by atoms with E-state index in [2.05, 4.69) is 6.92 Å². The van der Waals surface area contributed by atoms with Crippen LogP contribution in [0.5, 0.6) is 0 Å². The number of nitrogens with two attached hydrogens (primary N) is 1. The first-order valence-electron chi connectivity index (χ1n) is 5.84. The molecule has 0 aromatic rings. The van der Waals surface area contributed by atoms with Crippen LogP contribution in [0.4, 0.5) is 0 Å². The minimum Gasteiger partial charge on any atom is -0.490 e. The van der Waals surface area contributed by atoms with E-state index in [4.69, 9.17) is 10.5 Å². The predicted molar refractivity (Wildman–Crippen MR) is 60.3 cm³/mol. The minimum absolute atomic E-state index is 0.156. The van der Waals surface area contributed by atoms with E-state index in [9.17, 15) is 4.79 Å². The highest BCUT2D eigenvalue weighted by Crippen LogP contribution is 2.18. The van der Waals surface area contributed by atoms with Gasteiger partial charge in [0.2, 0.25) is 0 Å². The molecule has 0 radical (unpaired) electrons. The largest absolute Gasteiger partial charge is 0.490 e. The van der Waals surface area contributed by atoms with Crippen LogP contribution in [0.25, 0.3) is 0 Å².